The fraction of sp³-hybridized carbons (Fsp3) is 0.818. The summed E-state index contributed by atoms with van der Waals surface area (Å²) in [7, 11) is 2.08. The number of hydrogen-bond donors (Lipinski definition) is 0. The Morgan fingerprint density at radius 2 is 2.23 bits per heavy atom. The highest BCUT2D eigenvalue weighted by Gasteiger charge is 2.32. The van der Waals surface area contributed by atoms with E-state index >= 15 is 0 Å². The first kappa shape index (κ1) is 10.6. The van der Waals surface area contributed by atoms with Gasteiger partial charge >= 0.3 is 0 Å². The summed E-state index contributed by atoms with van der Waals surface area (Å²) in [5.41, 5.74) is 0. The standard InChI is InChI=1S/C11H19NO/c1-5-6-12(4)11-8-13-7-10(11)9(2)3/h1,9-11H,6-8H2,2-4H3. The van der Waals surface area contributed by atoms with E-state index < -0.39 is 0 Å². The van der Waals surface area contributed by atoms with E-state index in [2.05, 4.69) is 31.7 Å². The van der Waals surface area contributed by atoms with Gasteiger partial charge in [0.05, 0.1) is 19.8 Å². The number of nitrogens with zero attached hydrogens (tertiary/aromatic N) is 1. The van der Waals surface area contributed by atoms with Crippen LogP contribution in [0.2, 0.25) is 0 Å². The fourth-order valence-electron chi connectivity index (χ4n) is 1.91. The van der Waals surface area contributed by atoms with Crippen LogP contribution in [0.25, 0.3) is 0 Å². The molecule has 1 rings (SSSR count). The first-order valence-corrected chi connectivity index (χ1v) is 4.88. The van der Waals surface area contributed by atoms with Crippen LogP contribution in [-0.4, -0.2) is 37.7 Å². The van der Waals surface area contributed by atoms with Crippen LogP contribution < -0.4 is 0 Å². The summed E-state index contributed by atoms with van der Waals surface area (Å²) in [6, 6.07) is 0.510. The van der Waals surface area contributed by atoms with Crippen molar-refractivity contribution in [3.8, 4) is 12.3 Å². The van der Waals surface area contributed by atoms with Crippen molar-refractivity contribution < 1.29 is 4.74 Å². The highest BCUT2D eigenvalue weighted by atomic mass is 16.5. The smallest absolute Gasteiger partial charge is 0.0625 e. The van der Waals surface area contributed by atoms with Crippen molar-refractivity contribution in [1.82, 2.24) is 4.90 Å². The van der Waals surface area contributed by atoms with E-state index in [-0.39, 0.29) is 0 Å². The Bertz CT molecular complexity index is 195. The predicted octanol–water partition coefficient (Wildman–Crippen LogP) is 1.22. The van der Waals surface area contributed by atoms with E-state index in [9.17, 15) is 0 Å². The molecule has 0 aromatic rings. The molecule has 0 spiro atoms. The van der Waals surface area contributed by atoms with Gasteiger partial charge in [0.1, 0.15) is 0 Å². The molecule has 0 radical (unpaired) electrons. The Morgan fingerprint density at radius 1 is 1.54 bits per heavy atom. The minimum Gasteiger partial charge on any atom is -0.379 e. The van der Waals surface area contributed by atoms with E-state index in [1.165, 1.54) is 0 Å². The first-order valence-electron chi connectivity index (χ1n) is 4.88. The van der Waals surface area contributed by atoms with E-state index in [4.69, 9.17) is 11.2 Å². The topological polar surface area (TPSA) is 12.5 Å². The summed E-state index contributed by atoms with van der Waals surface area (Å²) in [6.45, 7) is 6.93. The number of hydrogen-bond acceptors (Lipinski definition) is 2. The van der Waals surface area contributed by atoms with Gasteiger partial charge in [-0.25, -0.2) is 0 Å². The molecule has 2 atom stereocenters. The molecule has 0 amide bonds. The van der Waals surface area contributed by atoms with Crippen molar-refractivity contribution in [1.29, 1.82) is 0 Å². The normalized spacial score (nSPS) is 28.3. The van der Waals surface area contributed by atoms with Crippen LogP contribution in [0.5, 0.6) is 0 Å². The Hall–Kier alpha value is -0.520. The zero-order chi connectivity index (χ0) is 9.84. The van der Waals surface area contributed by atoms with Crippen LogP contribution in [0.3, 0.4) is 0 Å². The third kappa shape index (κ3) is 2.46. The SMILES string of the molecule is C#CCN(C)C1COCC1C(C)C. The van der Waals surface area contributed by atoms with Crippen molar-refractivity contribution >= 4 is 0 Å². The van der Waals surface area contributed by atoms with Crippen LogP contribution in [-0.2, 0) is 4.74 Å². The van der Waals surface area contributed by atoms with Crippen molar-refractivity contribution in [2.24, 2.45) is 11.8 Å². The third-order valence-electron chi connectivity index (χ3n) is 2.86. The molecule has 2 heteroatoms. The molecule has 0 N–H and O–H groups in total. The van der Waals surface area contributed by atoms with Gasteiger partial charge in [0, 0.05) is 12.0 Å². The molecule has 0 aromatic carbocycles. The Kier molecular flexibility index (Phi) is 3.77. The van der Waals surface area contributed by atoms with E-state index in [1.54, 1.807) is 0 Å². The highest BCUT2D eigenvalue weighted by molar-refractivity contribution is 4.92. The molecule has 1 heterocycles. The van der Waals surface area contributed by atoms with E-state index in [1.807, 2.05) is 0 Å². The van der Waals surface area contributed by atoms with Gasteiger partial charge in [-0.05, 0) is 13.0 Å². The minimum absolute atomic E-state index is 0.510. The van der Waals surface area contributed by atoms with Gasteiger partial charge in [0.2, 0.25) is 0 Å². The minimum atomic E-state index is 0.510. The molecule has 1 aliphatic heterocycles. The van der Waals surface area contributed by atoms with Gasteiger partial charge < -0.3 is 4.74 Å². The summed E-state index contributed by atoms with van der Waals surface area (Å²) in [6.07, 6.45) is 5.29. The zero-order valence-electron chi connectivity index (χ0n) is 8.79. The number of ether oxygens (including phenoxy) is 1. The summed E-state index contributed by atoms with van der Waals surface area (Å²) >= 11 is 0. The maximum atomic E-state index is 5.49. The van der Waals surface area contributed by atoms with Gasteiger partial charge in [-0.15, -0.1) is 6.42 Å². The fourth-order valence-corrected chi connectivity index (χ4v) is 1.91. The zero-order valence-corrected chi connectivity index (χ0v) is 8.79. The quantitative estimate of drug-likeness (QED) is 0.607. The second-order valence-electron chi connectivity index (χ2n) is 4.13. The highest BCUT2D eigenvalue weighted by Crippen LogP contribution is 2.25. The lowest BCUT2D eigenvalue weighted by molar-refractivity contribution is 0.165. The molecular weight excluding hydrogens is 162 g/mol. The molecule has 1 aliphatic rings. The molecule has 0 bridgehead atoms. The second kappa shape index (κ2) is 4.64. The molecular formula is C11H19NO. The van der Waals surface area contributed by atoms with Crippen LogP contribution in [0.4, 0.5) is 0 Å². The molecule has 1 saturated heterocycles. The molecule has 0 aromatic heterocycles. The van der Waals surface area contributed by atoms with Crippen LogP contribution in [0, 0.1) is 24.2 Å². The Balaban J connectivity index is 2.53. The number of likely N-dealkylation sites (N-methyl/N-ethyl adjacent to an activating group) is 1. The van der Waals surface area contributed by atoms with E-state index in [0.717, 1.165) is 19.8 Å². The lowest BCUT2D eigenvalue weighted by atomic mass is 9.90. The maximum Gasteiger partial charge on any atom is 0.0625 e. The van der Waals surface area contributed by atoms with Crippen LogP contribution in [0.1, 0.15) is 13.8 Å². The molecule has 13 heavy (non-hydrogen) atoms. The maximum absolute atomic E-state index is 5.49. The molecule has 0 saturated carbocycles. The van der Waals surface area contributed by atoms with Crippen molar-refractivity contribution in [2.75, 3.05) is 26.8 Å². The lowest BCUT2D eigenvalue weighted by Crippen LogP contribution is -2.39. The Labute approximate surface area is 81.3 Å². The van der Waals surface area contributed by atoms with E-state index in [0.29, 0.717) is 17.9 Å². The molecule has 2 nitrogen and oxygen atoms in total. The van der Waals surface area contributed by atoms with Gasteiger partial charge in [0.15, 0.2) is 0 Å². The number of terminal acetylenes is 1. The van der Waals surface area contributed by atoms with Gasteiger partial charge in [-0.2, -0.15) is 0 Å². The largest absolute Gasteiger partial charge is 0.379 e. The lowest BCUT2D eigenvalue weighted by Gasteiger charge is -2.28. The summed E-state index contributed by atoms with van der Waals surface area (Å²) in [4.78, 5) is 2.22. The van der Waals surface area contributed by atoms with Crippen LogP contribution >= 0.6 is 0 Å². The predicted molar refractivity (Wildman–Crippen MR) is 54.4 cm³/mol. The average molecular weight is 181 g/mol. The monoisotopic (exact) mass is 181 g/mol. The second-order valence-corrected chi connectivity index (χ2v) is 4.13. The summed E-state index contributed by atoms with van der Waals surface area (Å²) < 4.78 is 5.49. The molecule has 74 valence electrons. The van der Waals surface area contributed by atoms with Crippen LogP contribution in [0.15, 0.2) is 0 Å². The summed E-state index contributed by atoms with van der Waals surface area (Å²) in [5, 5.41) is 0. The summed E-state index contributed by atoms with van der Waals surface area (Å²) in [5.74, 6) is 3.99. The molecule has 0 aliphatic carbocycles. The average Bonchev–Trinajstić information content (AvgIpc) is 2.52. The molecule has 1 fully saturated rings. The Morgan fingerprint density at radius 3 is 2.77 bits per heavy atom. The van der Waals surface area contributed by atoms with Crippen molar-refractivity contribution in [3.05, 3.63) is 0 Å². The number of rotatable bonds is 3. The molecule has 2 unspecified atom stereocenters. The van der Waals surface area contributed by atoms with Crippen molar-refractivity contribution in [3.63, 3.8) is 0 Å². The van der Waals surface area contributed by atoms with Gasteiger partial charge in [0.25, 0.3) is 0 Å². The van der Waals surface area contributed by atoms with Gasteiger partial charge in [-0.3, -0.25) is 4.90 Å². The van der Waals surface area contributed by atoms with Crippen molar-refractivity contribution in [2.45, 2.75) is 19.9 Å². The first-order chi connectivity index (χ1) is 6.16. The van der Waals surface area contributed by atoms with Gasteiger partial charge in [-0.1, -0.05) is 19.8 Å². The third-order valence-corrected chi connectivity index (χ3v) is 2.86.